The van der Waals surface area contributed by atoms with Crippen molar-refractivity contribution >= 4 is 10.9 Å². The van der Waals surface area contributed by atoms with Crippen LogP contribution in [0.15, 0.2) is 45.8 Å². The van der Waals surface area contributed by atoms with Gasteiger partial charge in [-0.05, 0) is 55.5 Å². The van der Waals surface area contributed by atoms with Gasteiger partial charge in [0.05, 0.1) is 23.4 Å². The summed E-state index contributed by atoms with van der Waals surface area (Å²) < 4.78 is 18.3. The monoisotopic (exact) mass is 436 g/mol. The van der Waals surface area contributed by atoms with Gasteiger partial charge in [0.1, 0.15) is 5.76 Å². The Morgan fingerprint density at radius 2 is 2.03 bits per heavy atom. The van der Waals surface area contributed by atoms with Crippen molar-refractivity contribution in [2.75, 3.05) is 6.79 Å². The van der Waals surface area contributed by atoms with E-state index in [4.69, 9.17) is 13.9 Å². The summed E-state index contributed by atoms with van der Waals surface area (Å²) in [4.78, 5) is 15.6. The van der Waals surface area contributed by atoms with Crippen LogP contribution in [0, 0.1) is 0 Å². The van der Waals surface area contributed by atoms with E-state index in [2.05, 4.69) is 25.8 Å². The van der Waals surface area contributed by atoms with Crippen LogP contribution in [0.2, 0.25) is 0 Å². The Kier molecular flexibility index (Phi) is 4.93. The molecule has 32 heavy (non-hydrogen) atoms. The van der Waals surface area contributed by atoms with Crippen molar-refractivity contribution < 1.29 is 13.9 Å². The molecule has 0 radical (unpaired) electrons. The van der Waals surface area contributed by atoms with Crippen LogP contribution < -0.4 is 20.3 Å². The quantitative estimate of drug-likeness (QED) is 0.473. The molecule has 1 unspecified atom stereocenters. The summed E-state index contributed by atoms with van der Waals surface area (Å²) in [6, 6.07) is 9.04. The predicted molar refractivity (Wildman–Crippen MR) is 115 cm³/mol. The molecule has 1 atom stereocenters. The number of aromatic amines is 1. The molecule has 2 N–H and O–H groups in total. The number of aromatic nitrogens is 5. The van der Waals surface area contributed by atoms with E-state index in [1.807, 2.05) is 45.0 Å². The number of ether oxygens (including phenoxy) is 2. The number of hydrogen-bond acceptors (Lipinski definition) is 8. The number of tetrazole rings is 1. The molecule has 0 bridgehead atoms. The lowest BCUT2D eigenvalue weighted by Gasteiger charge is -2.22. The number of furan rings is 1. The van der Waals surface area contributed by atoms with Crippen LogP contribution in [0.1, 0.15) is 44.0 Å². The first-order chi connectivity index (χ1) is 15.4. The fourth-order valence-electron chi connectivity index (χ4n) is 3.81. The van der Waals surface area contributed by atoms with E-state index in [0.717, 1.165) is 17.0 Å². The Bertz CT molecular complexity index is 1300. The van der Waals surface area contributed by atoms with Gasteiger partial charge in [-0.1, -0.05) is 0 Å². The van der Waals surface area contributed by atoms with E-state index in [-0.39, 0.29) is 23.9 Å². The normalized spacial score (nSPS) is 14.2. The number of fused-ring (bicyclic) bond motifs is 2. The van der Waals surface area contributed by atoms with Crippen LogP contribution in [-0.2, 0) is 18.5 Å². The van der Waals surface area contributed by atoms with Crippen LogP contribution in [0.25, 0.3) is 10.9 Å². The molecule has 4 aromatic rings. The first kappa shape index (κ1) is 20.3. The molecule has 1 aliphatic heterocycles. The second-order valence-electron chi connectivity index (χ2n) is 8.75. The second kappa shape index (κ2) is 7.79. The Labute approximate surface area is 183 Å². The zero-order valence-corrected chi connectivity index (χ0v) is 18.1. The van der Waals surface area contributed by atoms with Crippen LogP contribution in [-0.4, -0.2) is 32.0 Å². The summed E-state index contributed by atoms with van der Waals surface area (Å²) in [5.74, 6) is 2.78. The molecule has 4 heterocycles. The number of pyridine rings is 1. The molecule has 0 saturated heterocycles. The minimum atomic E-state index is -0.256. The van der Waals surface area contributed by atoms with E-state index in [1.54, 1.807) is 17.0 Å². The Morgan fingerprint density at radius 1 is 1.22 bits per heavy atom. The molecule has 10 nitrogen and oxygen atoms in total. The molecule has 1 aromatic carbocycles. The maximum absolute atomic E-state index is 12.7. The van der Waals surface area contributed by atoms with Gasteiger partial charge >= 0.3 is 0 Å². The Hall–Kier alpha value is -3.66. The SMILES string of the molecule is CC(C)(C)n1nnnc1CC(NCc1cc2cc3c(cc2[nH]c1=O)OCO3)c1ccco1. The first-order valence-corrected chi connectivity index (χ1v) is 10.4. The largest absolute Gasteiger partial charge is 0.468 e. The highest BCUT2D eigenvalue weighted by Crippen LogP contribution is 2.35. The maximum atomic E-state index is 12.7. The smallest absolute Gasteiger partial charge is 0.252 e. The van der Waals surface area contributed by atoms with Gasteiger partial charge in [0.2, 0.25) is 6.79 Å². The topological polar surface area (TPSA) is 120 Å². The van der Waals surface area contributed by atoms with Crippen LogP contribution >= 0.6 is 0 Å². The zero-order valence-electron chi connectivity index (χ0n) is 18.1. The highest BCUT2D eigenvalue weighted by molar-refractivity contribution is 5.83. The third-order valence-corrected chi connectivity index (χ3v) is 5.40. The summed E-state index contributed by atoms with van der Waals surface area (Å²) in [6.45, 7) is 6.65. The molecule has 5 rings (SSSR count). The Morgan fingerprint density at radius 3 is 2.78 bits per heavy atom. The third kappa shape index (κ3) is 3.84. The van der Waals surface area contributed by atoms with Gasteiger partial charge in [-0.25, -0.2) is 4.68 Å². The van der Waals surface area contributed by atoms with Crippen molar-refractivity contribution in [3.8, 4) is 11.5 Å². The second-order valence-corrected chi connectivity index (χ2v) is 8.75. The standard InChI is InChI=1S/C22H24N6O4/c1-22(2,3)28-20(25-26-27-28)10-16(17-5-4-6-30-17)23-11-14-7-13-8-18-19(32-12-31-18)9-15(13)24-21(14)29/h4-9,16,23H,10-12H2,1-3H3,(H,24,29). The van der Waals surface area contributed by atoms with Crippen molar-refractivity contribution in [1.29, 1.82) is 0 Å². The van der Waals surface area contributed by atoms with Crippen LogP contribution in [0.5, 0.6) is 11.5 Å². The van der Waals surface area contributed by atoms with E-state index in [9.17, 15) is 4.79 Å². The molecule has 10 heteroatoms. The molecular weight excluding hydrogens is 412 g/mol. The lowest BCUT2D eigenvalue weighted by molar-refractivity contribution is 0.174. The number of nitrogens with one attached hydrogen (secondary N) is 2. The number of rotatable bonds is 6. The van der Waals surface area contributed by atoms with Gasteiger partial charge in [-0.3, -0.25) is 4.79 Å². The molecular formula is C22H24N6O4. The molecule has 0 saturated carbocycles. The number of hydrogen-bond donors (Lipinski definition) is 2. The first-order valence-electron chi connectivity index (χ1n) is 10.4. The number of benzene rings is 1. The van der Waals surface area contributed by atoms with Gasteiger partial charge in [-0.15, -0.1) is 5.10 Å². The fourth-order valence-corrected chi connectivity index (χ4v) is 3.81. The van der Waals surface area contributed by atoms with Crippen molar-refractivity contribution in [3.63, 3.8) is 0 Å². The predicted octanol–water partition coefficient (Wildman–Crippen LogP) is 2.66. The molecule has 0 fully saturated rings. The summed E-state index contributed by atoms with van der Waals surface area (Å²) in [6.07, 6.45) is 2.13. The van der Waals surface area contributed by atoms with Crippen molar-refractivity contribution in [3.05, 3.63) is 64.1 Å². The molecule has 1 aliphatic rings. The summed E-state index contributed by atoms with van der Waals surface area (Å²) >= 11 is 0. The molecule has 0 spiro atoms. The third-order valence-electron chi connectivity index (χ3n) is 5.40. The van der Waals surface area contributed by atoms with Gasteiger partial charge < -0.3 is 24.2 Å². The van der Waals surface area contributed by atoms with Crippen molar-refractivity contribution in [1.82, 2.24) is 30.5 Å². The number of nitrogens with zero attached hydrogens (tertiary/aromatic N) is 4. The molecule has 0 aliphatic carbocycles. The van der Waals surface area contributed by atoms with Gasteiger partial charge in [0.15, 0.2) is 17.3 Å². The highest BCUT2D eigenvalue weighted by atomic mass is 16.7. The van der Waals surface area contributed by atoms with E-state index >= 15 is 0 Å². The summed E-state index contributed by atoms with van der Waals surface area (Å²) in [5.41, 5.74) is 0.883. The minimum absolute atomic E-state index is 0.165. The van der Waals surface area contributed by atoms with E-state index in [0.29, 0.717) is 35.5 Å². The summed E-state index contributed by atoms with van der Waals surface area (Å²) in [5, 5.41) is 16.5. The lowest BCUT2D eigenvalue weighted by Crippen LogP contribution is -2.30. The molecule has 166 valence electrons. The minimum Gasteiger partial charge on any atom is -0.468 e. The Balaban J connectivity index is 1.41. The van der Waals surface area contributed by atoms with E-state index < -0.39 is 0 Å². The zero-order chi connectivity index (χ0) is 22.3. The van der Waals surface area contributed by atoms with Gasteiger partial charge in [0.25, 0.3) is 5.56 Å². The lowest BCUT2D eigenvalue weighted by atomic mass is 10.1. The molecule has 3 aromatic heterocycles. The van der Waals surface area contributed by atoms with Crippen LogP contribution in [0.4, 0.5) is 0 Å². The molecule has 0 amide bonds. The van der Waals surface area contributed by atoms with Crippen molar-refractivity contribution in [2.24, 2.45) is 0 Å². The van der Waals surface area contributed by atoms with E-state index in [1.165, 1.54) is 0 Å². The van der Waals surface area contributed by atoms with Crippen LogP contribution in [0.3, 0.4) is 0 Å². The van der Waals surface area contributed by atoms with Gasteiger partial charge in [0, 0.05) is 30.0 Å². The summed E-state index contributed by atoms with van der Waals surface area (Å²) in [7, 11) is 0. The number of H-pyrrole nitrogens is 1. The van der Waals surface area contributed by atoms with Crippen molar-refractivity contribution in [2.45, 2.75) is 45.3 Å². The fraction of sp³-hybridized carbons (Fsp3) is 0.364. The highest BCUT2D eigenvalue weighted by Gasteiger charge is 2.24. The average Bonchev–Trinajstić information content (AvgIpc) is 3.50. The maximum Gasteiger partial charge on any atom is 0.252 e. The van der Waals surface area contributed by atoms with Gasteiger partial charge in [-0.2, -0.15) is 0 Å². The average molecular weight is 436 g/mol.